The molecular formula is C17H25N3. The first kappa shape index (κ1) is 13.5. The molecule has 2 fully saturated rings. The highest BCUT2D eigenvalue weighted by Crippen LogP contribution is 2.26. The van der Waals surface area contributed by atoms with Crippen molar-refractivity contribution in [1.29, 1.82) is 0 Å². The third kappa shape index (κ3) is 3.14. The van der Waals surface area contributed by atoms with Crippen molar-refractivity contribution in [3.05, 3.63) is 24.3 Å². The fourth-order valence-electron chi connectivity index (χ4n) is 3.35. The van der Waals surface area contributed by atoms with Crippen molar-refractivity contribution in [2.45, 2.75) is 44.9 Å². The molecular weight excluding hydrogens is 246 g/mol. The molecule has 0 radical (unpaired) electrons. The Morgan fingerprint density at radius 3 is 2.25 bits per heavy atom. The van der Waals surface area contributed by atoms with Crippen LogP contribution in [-0.2, 0) is 0 Å². The van der Waals surface area contributed by atoms with Crippen LogP contribution in [0.5, 0.6) is 0 Å². The lowest BCUT2D eigenvalue weighted by molar-refractivity contribution is 0.437. The fourth-order valence-corrected chi connectivity index (χ4v) is 3.35. The third-order valence-electron chi connectivity index (χ3n) is 4.60. The second-order valence-corrected chi connectivity index (χ2v) is 6.08. The van der Waals surface area contributed by atoms with Crippen molar-refractivity contribution >= 4 is 17.2 Å². The summed E-state index contributed by atoms with van der Waals surface area (Å²) in [6, 6.07) is 8.56. The SMILES string of the molecule is NC(=Nc1ccc(N2CCCC2)cc1)C1CCCCC1. The molecule has 1 aliphatic carbocycles. The second-order valence-electron chi connectivity index (χ2n) is 6.08. The first-order valence-corrected chi connectivity index (χ1v) is 8.02. The highest BCUT2D eigenvalue weighted by atomic mass is 15.1. The van der Waals surface area contributed by atoms with Crippen LogP contribution in [-0.4, -0.2) is 18.9 Å². The van der Waals surface area contributed by atoms with Gasteiger partial charge in [-0.1, -0.05) is 19.3 Å². The number of nitrogens with zero attached hydrogens (tertiary/aromatic N) is 2. The number of hydrogen-bond donors (Lipinski definition) is 1. The average Bonchev–Trinajstić information content (AvgIpc) is 3.03. The van der Waals surface area contributed by atoms with Crippen LogP contribution < -0.4 is 10.6 Å². The van der Waals surface area contributed by atoms with Crippen molar-refractivity contribution in [3.8, 4) is 0 Å². The number of benzene rings is 1. The quantitative estimate of drug-likeness (QED) is 0.670. The topological polar surface area (TPSA) is 41.6 Å². The van der Waals surface area contributed by atoms with Gasteiger partial charge in [-0.25, -0.2) is 4.99 Å². The molecule has 1 aromatic carbocycles. The maximum absolute atomic E-state index is 6.18. The summed E-state index contributed by atoms with van der Waals surface area (Å²) in [6.45, 7) is 2.37. The van der Waals surface area contributed by atoms with Crippen LogP contribution in [0.1, 0.15) is 44.9 Å². The van der Waals surface area contributed by atoms with Gasteiger partial charge in [-0.2, -0.15) is 0 Å². The van der Waals surface area contributed by atoms with E-state index in [0.717, 1.165) is 11.5 Å². The number of nitrogens with two attached hydrogens (primary N) is 1. The largest absolute Gasteiger partial charge is 0.387 e. The lowest BCUT2D eigenvalue weighted by atomic mass is 9.88. The van der Waals surface area contributed by atoms with E-state index >= 15 is 0 Å². The molecule has 0 bridgehead atoms. The summed E-state index contributed by atoms with van der Waals surface area (Å²) in [6.07, 6.45) is 9.00. The molecule has 1 aliphatic heterocycles. The second kappa shape index (κ2) is 6.29. The molecule has 1 heterocycles. The lowest BCUT2D eigenvalue weighted by Crippen LogP contribution is -2.25. The summed E-state index contributed by atoms with van der Waals surface area (Å²) in [7, 11) is 0. The summed E-state index contributed by atoms with van der Waals surface area (Å²) in [5.41, 5.74) is 8.49. The number of anilines is 1. The lowest BCUT2D eigenvalue weighted by Gasteiger charge is -2.21. The molecule has 1 aromatic rings. The minimum absolute atomic E-state index is 0.502. The van der Waals surface area contributed by atoms with Gasteiger partial charge in [0, 0.05) is 24.7 Å². The van der Waals surface area contributed by atoms with Crippen LogP contribution in [0.25, 0.3) is 0 Å². The molecule has 0 atom stereocenters. The Morgan fingerprint density at radius 2 is 1.60 bits per heavy atom. The van der Waals surface area contributed by atoms with Gasteiger partial charge in [-0.3, -0.25) is 0 Å². The first-order valence-electron chi connectivity index (χ1n) is 8.02. The summed E-state index contributed by atoms with van der Waals surface area (Å²) in [4.78, 5) is 7.07. The number of hydrogen-bond acceptors (Lipinski definition) is 2. The van der Waals surface area contributed by atoms with E-state index in [0.29, 0.717) is 5.92 Å². The highest BCUT2D eigenvalue weighted by molar-refractivity contribution is 5.85. The van der Waals surface area contributed by atoms with Gasteiger partial charge in [0.2, 0.25) is 0 Å². The van der Waals surface area contributed by atoms with Crippen LogP contribution >= 0.6 is 0 Å². The van der Waals surface area contributed by atoms with Gasteiger partial charge in [-0.05, 0) is 49.9 Å². The maximum Gasteiger partial charge on any atom is 0.103 e. The predicted molar refractivity (Wildman–Crippen MR) is 85.7 cm³/mol. The molecule has 0 spiro atoms. The molecule has 108 valence electrons. The summed E-state index contributed by atoms with van der Waals surface area (Å²) >= 11 is 0. The number of rotatable bonds is 3. The minimum Gasteiger partial charge on any atom is -0.387 e. The minimum atomic E-state index is 0.502. The molecule has 3 nitrogen and oxygen atoms in total. The number of amidine groups is 1. The molecule has 1 saturated heterocycles. The predicted octanol–water partition coefficient (Wildman–Crippen LogP) is 3.86. The van der Waals surface area contributed by atoms with Crippen molar-refractivity contribution in [1.82, 2.24) is 0 Å². The Labute approximate surface area is 121 Å². The zero-order valence-electron chi connectivity index (χ0n) is 12.2. The van der Waals surface area contributed by atoms with Gasteiger partial charge in [0.25, 0.3) is 0 Å². The van der Waals surface area contributed by atoms with E-state index in [1.807, 2.05) is 0 Å². The van der Waals surface area contributed by atoms with Gasteiger partial charge in [0.1, 0.15) is 5.84 Å². The van der Waals surface area contributed by atoms with Crippen molar-refractivity contribution in [3.63, 3.8) is 0 Å². The van der Waals surface area contributed by atoms with E-state index in [-0.39, 0.29) is 0 Å². The average molecular weight is 271 g/mol. The van der Waals surface area contributed by atoms with E-state index in [2.05, 4.69) is 34.2 Å². The van der Waals surface area contributed by atoms with E-state index in [4.69, 9.17) is 5.73 Å². The standard InChI is InChI=1S/C17H25N3/c18-17(14-6-2-1-3-7-14)19-15-8-10-16(11-9-15)20-12-4-5-13-20/h8-11,14H,1-7,12-13H2,(H2,18,19). The maximum atomic E-state index is 6.18. The number of aliphatic imine (C=N–C) groups is 1. The highest BCUT2D eigenvalue weighted by Gasteiger charge is 2.17. The molecule has 20 heavy (non-hydrogen) atoms. The molecule has 0 unspecified atom stereocenters. The molecule has 1 saturated carbocycles. The van der Waals surface area contributed by atoms with Crippen LogP contribution in [0.4, 0.5) is 11.4 Å². The molecule has 3 rings (SSSR count). The van der Waals surface area contributed by atoms with Crippen LogP contribution in [0.3, 0.4) is 0 Å². The fraction of sp³-hybridized carbons (Fsp3) is 0.588. The van der Waals surface area contributed by atoms with Gasteiger partial charge < -0.3 is 10.6 Å². The van der Waals surface area contributed by atoms with Crippen molar-refractivity contribution in [2.75, 3.05) is 18.0 Å². The van der Waals surface area contributed by atoms with E-state index in [1.165, 1.54) is 63.7 Å². The Hall–Kier alpha value is -1.51. The summed E-state index contributed by atoms with van der Waals surface area (Å²) < 4.78 is 0. The monoisotopic (exact) mass is 271 g/mol. The zero-order valence-corrected chi connectivity index (χ0v) is 12.2. The Morgan fingerprint density at radius 1 is 0.950 bits per heavy atom. The van der Waals surface area contributed by atoms with Gasteiger partial charge >= 0.3 is 0 Å². The van der Waals surface area contributed by atoms with Gasteiger partial charge in [-0.15, -0.1) is 0 Å². The van der Waals surface area contributed by atoms with Crippen LogP contribution in [0, 0.1) is 5.92 Å². The third-order valence-corrected chi connectivity index (χ3v) is 4.60. The molecule has 3 heteroatoms. The van der Waals surface area contributed by atoms with Crippen molar-refractivity contribution in [2.24, 2.45) is 16.6 Å². The van der Waals surface area contributed by atoms with E-state index in [9.17, 15) is 0 Å². The Balaban J connectivity index is 1.67. The van der Waals surface area contributed by atoms with Gasteiger partial charge in [0.05, 0.1) is 5.69 Å². The molecule has 0 amide bonds. The molecule has 2 N–H and O–H groups in total. The van der Waals surface area contributed by atoms with Crippen LogP contribution in [0.15, 0.2) is 29.3 Å². The van der Waals surface area contributed by atoms with Crippen LogP contribution in [0.2, 0.25) is 0 Å². The summed E-state index contributed by atoms with van der Waals surface area (Å²) in [5, 5.41) is 0. The van der Waals surface area contributed by atoms with E-state index in [1.54, 1.807) is 0 Å². The Kier molecular flexibility index (Phi) is 4.24. The zero-order chi connectivity index (χ0) is 13.8. The van der Waals surface area contributed by atoms with Gasteiger partial charge in [0.15, 0.2) is 0 Å². The molecule has 0 aromatic heterocycles. The normalized spacial score (nSPS) is 21.4. The van der Waals surface area contributed by atoms with E-state index < -0.39 is 0 Å². The molecule has 2 aliphatic rings. The first-order chi connectivity index (χ1) is 9.83. The smallest absolute Gasteiger partial charge is 0.103 e. The Bertz CT molecular complexity index is 452. The van der Waals surface area contributed by atoms with Crippen molar-refractivity contribution < 1.29 is 0 Å². The summed E-state index contributed by atoms with van der Waals surface area (Å²) in [5.74, 6) is 1.33.